The molecule has 0 spiro atoms. The first-order valence-corrected chi connectivity index (χ1v) is 6.56. The molecule has 1 saturated heterocycles. The highest BCUT2D eigenvalue weighted by atomic mass is 16.6. The zero-order chi connectivity index (χ0) is 16.5. The third-order valence-corrected chi connectivity index (χ3v) is 2.77. The standard InChI is InChI=1S/C12H18N2O8/c15-9(16)5-13(6-10(17)18)1-2-14-7-11(19)21-3-4-22-12(20)8-14/h1-8H2,(H,15,16)(H,17,18). The summed E-state index contributed by atoms with van der Waals surface area (Å²) >= 11 is 0. The van der Waals surface area contributed by atoms with Crippen molar-refractivity contribution in [2.75, 3.05) is 52.5 Å². The van der Waals surface area contributed by atoms with Gasteiger partial charge in [-0.3, -0.25) is 29.0 Å². The van der Waals surface area contributed by atoms with E-state index < -0.39 is 37.0 Å². The van der Waals surface area contributed by atoms with Gasteiger partial charge in [-0.1, -0.05) is 0 Å². The minimum absolute atomic E-state index is 0.0113. The summed E-state index contributed by atoms with van der Waals surface area (Å²) in [4.78, 5) is 47.0. The second kappa shape index (κ2) is 8.95. The lowest BCUT2D eigenvalue weighted by Crippen LogP contribution is -2.43. The Hall–Kier alpha value is -2.20. The van der Waals surface area contributed by atoms with Crippen molar-refractivity contribution < 1.29 is 38.9 Å². The Kier molecular flexibility index (Phi) is 7.26. The zero-order valence-electron chi connectivity index (χ0n) is 11.9. The molecule has 2 N–H and O–H groups in total. The van der Waals surface area contributed by atoms with Crippen LogP contribution in [0.5, 0.6) is 0 Å². The summed E-state index contributed by atoms with van der Waals surface area (Å²) < 4.78 is 9.64. The van der Waals surface area contributed by atoms with Crippen LogP contribution in [-0.2, 0) is 28.7 Å². The van der Waals surface area contributed by atoms with Gasteiger partial charge in [0.25, 0.3) is 0 Å². The Labute approximate surface area is 126 Å². The normalized spacial score (nSPS) is 17.1. The topological polar surface area (TPSA) is 134 Å². The van der Waals surface area contributed by atoms with Gasteiger partial charge in [0.05, 0.1) is 26.2 Å². The number of esters is 2. The summed E-state index contributed by atoms with van der Waals surface area (Å²) in [6, 6.07) is 0. The fourth-order valence-electron chi connectivity index (χ4n) is 1.86. The summed E-state index contributed by atoms with van der Waals surface area (Å²) in [7, 11) is 0. The number of hydrogen-bond acceptors (Lipinski definition) is 8. The van der Waals surface area contributed by atoms with Crippen LogP contribution in [0.1, 0.15) is 0 Å². The fourth-order valence-corrected chi connectivity index (χ4v) is 1.86. The van der Waals surface area contributed by atoms with Crippen molar-refractivity contribution in [3.05, 3.63) is 0 Å². The summed E-state index contributed by atoms with van der Waals surface area (Å²) in [6.45, 7) is -1.02. The van der Waals surface area contributed by atoms with E-state index in [0.29, 0.717) is 0 Å². The van der Waals surface area contributed by atoms with E-state index in [1.165, 1.54) is 9.80 Å². The SMILES string of the molecule is O=C(O)CN(CCN1CC(=O)OCCOC(=O)C1)CC(=O)O. The average Bonchev–Trinajstić information content (AvgIpc) is 2.46. The molecule has 0 aromatic carbocycles. The largest absolute Gasteiger partial charge is 0.480 e. The maximum Gasteiger partial charge on any atom is 0.320 e. The molecule has 1 rings (SSSR count). The monoisotopic (exact) mass is 318 g/mol. The van der Waals surface area contributed by atoms with Crippen LogP contribution >= 0.6 is 0 Å². The van der Waals surface area contributed by atoms with Crippen LogP contribution < -0.4 is 0 Å². The molecule has 0 aliphatic carbocycles. The van der Waals surface area contributed by atoms with E-state index in [-0.39, 0.29) is 39.4 Å². The quantitative estimate of drug-likeness (QED) is 0.501. The first-order valence-electron chi connectivity index (χ1n) is 6.56. The van der Waals surface area contributed by atoms with E-state index in [0.717, 1.165) is 0 Å². The van der Waals surface area contributed by atoms with Crippen LogP contribution in [0, 0.1) is 0 Å². The van der Waals surface area contributed by atoms with Gasteiger partial charge in [0.2, 0.25) is 0 Å². The Morgan fingerprint density at radius 3 is 1.86 bits per heavy atom. The smallest absolute Gasteiger partial charge is 0.320 e. The van der Waals surface area contributed by atoms with Crippen molar-refractivity contribution in [1.29, 1.82) is 0 Å². The first-order chi connectivity index (χ1) is 10.4. The highest BCUT2D eigenvalue weighted by Gasteiger charge is 2.21. The first kappa shape index (κ1) is 17.9. The van der Waals surface area contributed by atoms with E-state index in [2.05, 4.69) is 0 Å². The molecule has 0 aromatic heterocycles. The lowest BCUT2D eigenvalue weighted by molar-refractivity contribution is -0.148. The molecule has 0 aromatic rings. The number of carboxylic acids is 2. The van der Waals surface area contributed by atoms with E-state index in [4.69, 9.17) is 19.7 Å². The molecule has 1 heterocycles. The van der Waals surface area contributed by atoms with Gasteiger partial charge in [-0.05, 0) is 0 Å². The second-order valence-electron chi connectivity index (χ2n) is 4.65. The van der Waals surface area contributed by atoms with Gasteiger partial charge in [0.1, 0.15) is 13.2 Å². The Balaban J connectivity index is 2.58. The summed E-state index contributed by atoms with van der Waals surface area (Å²) in [5.74, 6) is -3.38. The molecule has 0 radical (unpaired) electrons. The minimum atomic E-state index is -1.16. The van der Waals surface area contributed by atoms with Crippen LogP contribution in [0.15, 0.2) is 0 Å². The number of nitrogens with zero attached hydrogens (tertiary/aromatic N) is 2. The van der Waals surface area contributed by atoms with E-state index in [9.17, 15) is 19.2 Å². The molecular weight excluding hydrogens is 300 g/mol. The zero-order valence-corrected chi connectivity index (χ0v) is 11.9. The van der Waals surface area contributed by atoms with Gasteiger partial charge in [0, 0.05) is 13.1 Å². The summed E-state index contributed by atoms with van der Waals surface area (Å²) in [6.07, 6.45) is 0. The molecule has 10 nitrogen and oxygen atoms in total. The third-order valence-electron chi connectivity index (χ3n) is 2.77. The second-order valence-corrected chi connectivity index (χ2v) is 4.65. The lowest BCUT2D eigenvalue weighted by Gasteiger charge is -2.23. The Bertz CT molecular complexity index is 403. The molecular formula is C12H18N2O8. The average molecular weight is 318 g/mol. The number of carbonyl (C=O) groups excluding carboxylic acids is 2. The number of carboxylic acid groups (broad SMARTS) is 2. The van der Waals surface area contributed by atoms with E-state index >= 15 is 0 Å². The number of carbonyl (C=O) groups is 4. The number of ether oxygens (including phenoxy) is 2. The highest BCUT2D eigenvalue weighted by Crippen LogP contribution is 1.98. The van der Waals surface area contributed by atoms with Crippen molar-refractivity contribution in [1.82, 2.24) is 9.80 Å². The van der Waals surface area contributed by atoms with Crippen LogP contribution in [0.4, 0.5) is 0 Å². The number of aliphatic carboxylic acids is 2. The van der Waals surface area contributed by atoms with Crippen LogP contribution in [0.3, 0.4) is 0 Å². The number of rotatable bonds is 7. The van der Waals surface area contributed by atoms with Gasteiger partial charge in [-0.15, -0.1) is 0 Å². The van der Waals surface area contributed by atoms with Crippen molar-refractivity contribution in [2.45, 2.75) is 0 Å². The minimum Gasteiger partial charge on any atom is -0.480 e. The highest BCUT2D eigenvalue weighted by molar-refractivity contribution is 5.75. The molecule has 0 saturated carbocycles. The Morgan fingerprint density at radius 2 is 1.45 bits per heavy atom. The van der Waals surface area contributed by atoms with Crippen molar-refractivity contribution in [2.24, 2.45) is 0 Å². The van der Waals surface area contributed by atoms with Crippen LogP contribution in [0.2, 0.25) is 0 Å². The van der Waals surface area contributed by atoms with Gasteiger partial charge in [-0.25, -0.2) is 0 Å². The van der Waals surface area contributed by atoms with Crippen molar-refractivity contribution in [3.63, 3.8) is 0 Å². The number of hydrogen-bond donors (Lipinski definition) is 2. The van der Waals surface area contributed by atoms with Gasteiger partial charge in [0.15, 0.2) is 0 Å². The molecule has 124 valence electrons. The molecule has 1 fully saturated rings. The van der Waals surface area contributed by atoms with Gasteiger partial charge in [-0.2, -0.15) is 0 Å². The predicted octanol–water partition coefficient (Wildman–Crippen LogP) is -2.14. The molecule has 0 amide bonds. The van der Waals surface area contributed by atoms with Crippen molar-refractivity contribution in [3.8, 4) is 0 Å². The number of cyclic esters (lactones) is 2. The summed E-state index contributed by atoms with van der Waals surface area (Å²) in [5, 5.41) is 17.5. The molecule has 1 aliphatic rings. The third kappa shape index (κ3) is 7.55. The van der Waals surface area contributed by atoms with Crippen LogP contribution in [0.25, 0.3) is 0 Å². The summed E-state index contributed by atoms with van der Waals surface area (Å²) in [5.41, 5.74) is 0. The lowest BCUT2D eigenvalue weighted by atomic mass is 10.4. The molecule has 0 unspecified atom stereocenters. The van der Waals surface area contributed by atoms with Gasteiger partial charge >= 0.3 is 23.9 Å². The predicted molar refractivity (Wildman–Crippen MR) is 70.1 cm³/mol. The molecule has 1 aliphatic heterocycles. The molecule has 22 heavy (non-hydrogen) atoms. The van der Waals surface area contributed by atoms with E-state index in [1.807, 2.05) is 0 Å². The maximum atomic E-state index is 11.5. The van der Waals surface area contributed by atoms with Gasteiger partial charge < -0.3 is 19.7 Å². The Morgan fingerprint density at radius 1 is 1.00 bits per heavy atom. The maximum absolute atomic E-state index is 11.5. The molecule has 0 bridgehead atoms. The van der Waals surface area contributed by atoms with Crippen molar-refractivity contribution >= 4 is 23.9 Å². The van der Waals surface area contributed by atoms with Crippen LogP contribution in [-0.4, -0.2) is 96.4 Å². The fraction of sp³-hybridized carbons (Fsp3) is 0.667. The molecule has 10 heteroatoms. The molecule has 0 atom stereocenters. The van der Waals surface area contributed by atoms with E-state index in [1.54, 1.807) is 0 Å².